The van der Waals surface area contributed by atoms with Crippen molar-refractivity contribution in [2.75, 3.05) is 19.3 Å². The van der Waals surface area contributed by atoms with Crippen molar-refractivity contribution >= 4 is 10.0 Å². The summed E-state index contributed by atoms with van der Waals surface area (Å²) in [7, 11) is -3.13. The smallest absolute Gasteiger partial charge is 0.209 e. The van der Waals surface area contributed by atoms with Crippen LogP contribution in [0.3, 0.4) is 0 Å². The normalized spacial score (nSPS) is 17.9. The SMILES string of the molecule is CS(=O)(=O)NCc1cccc(CN2CCCCCC2)c1. The van der Waals surface area contributed by atoms with E-state index in [9.17, 15) is 8.42 Å². The minimum atomic E-state index is -3.13. The minimum Gasteiger partial charge on any atom is -0.299 e. The standard InChI is InChI=1S/C15H24N2O2S/c1-20(18,19)16-12-14-7-6-8-15(11-14)13-17-9-4-2-3-5-10-17/h6-8,11,16H,2-5,9-10,12-13H2,1H3. The molecule has 4 nitrogen and oxygen atoms in total. The van der Waals surface area contributed by atoms with Gasteiger partial charge in [-0.15, -0.1) is 0 Å². The Hall–Kier alpha value is -0.910. The molecule has 5 heteroatoms. The van der Waals surface area contributed by atoms with Crippen molar-refractivity contribution < 1.29 is 8.42 Å². The fraction of sp³-hybridized carbons (Fsp3) is 0.600. The van der Waals surface area contributed by atoms with E-state index in [-0.39, 0.29) is 0 Å². The molecule has 0 radical (unpaired) electrons. The van der Waals surface area contributed by atoms with E-state index in [4.69, 9.17) is 0 Å². The van der Waals surface area contributed by atoms with Gasteiger partial charge in [-0.25, -0.2) is 13.1 Å². The van der Waals surface area contributed by atoms with Crippen LogP contribution in [0.15, 0.2) is 24.3 Å². The molecule has 1 aromatic rings. The van der Waals surface area contributed by atoms with Gasteiger partial charge in [-0.3, -0.25) is 4.90 Å². The van der Waals surface area contributed by atoms with Gasteiger partial charge in [-0.05, 0) is 37.1 Å². The fourth-order valence-electron chi connectivity index (χ4n) is 2.60. The highest BCUT2D eigenvalue weighted by molar-refractivity contribution is 7.88. The molecule has 0 spiro atoms. The molecule has 1 fully saturated rings. The highest BCUT2D eigenvalue weighted by Gasteiger charge is 2.09. The number of benzene rings is 1. The Kier molecular flexibility index (Phi) is 5.57. The molecule has 1 heterocycles. The zero-order valence-corrected chi connectivity index (χ0v) is 13.0. The average molecular weight is 296 g/mol. The van der Waals surface area contributed by atoms with Gasteiger partial charge < -0.3 is 0 Å². The van der Waals surface area contributed by atoms with Gasteiger partial charge in [0.1, 0.15) is 0 Å². The van der Waals surface area contributed by atoms with E-state index >= 15 is 0 Å². The Labute approximate surface area is 122 Å². The molecule has 0 unspecified atom stereocenters. The van der Waals surface area contributed by atoms with Crippen molar-refractivity contribution in [1.29, 1.82) is 0 Å². The lowest BCUT2D eigenvalue weighted by Crippen LogP contribution is -2.24. The summed E-state index contributed by atoms with van der Waals surface area (Å²) in [6, 6.07) is 8.19. The van der Waals surface area contributed by atoms with E-state index < -0.39 is 10.0 Å². The second-order valence-electron chi connectivity index (χ2n) is 5.60. The van der Waals surface area contributed by atoms with Crippen molar-refractivity contribution in [1.82, 2.24) is 9.62 Å². The summed E-state index contributed by atoms with van der Waals surface area (Å²) in [6.07, 6.45) is 6.45. The van der Waals surface area contributed by atoms with E-state index in [1.54, 1.807) is 0 Å². The number of likely N-dealkylation sites (tertiary alicyclic amines) is 1. The maximum atomic E-state index is 11.1. The quantitative estimate of drug-likeness (QED) is 0.905. The maximum Gasteiger partial charge on any atom is 0.209 e. The predicted octanol–water partition coefficient (Wildman–Crippen LogP) is 2.11. The largest absolute Gasteiger partial charge is 0.299 e. The Balaban J connectivity index is 1.94. The lowest BCUT2D eigenvalue weighted by Gasteiger charge is -2.20. The van der Waals surface area contributed by atoms with Crippen LogP contribution in [-0.4, -0.2) is 32.7 Å². The Morgan fingerprint density at radius 2 is 1.75 bits per heavy atom. The van der Waals surface area contributed by atoms with Gasteiger partial charge in [0.25, 0.3) is 0 Å². The third kappa shape index (κ3) is 5.61. The average Bonchev–Trinajstić information content (AvgIpc) is 2.65. The molecule has 1 N–H and O–H groups in total. The molecule has 20 heavy (non-hydrogen) atoms. The number of hydrogen-bond acceptors (Lipinski definition) is 3. The molecular formula is C15H24N2O2S. The van der Waals surface area contributed by atoms with Crippen LogP contribution in [0.2, 0.25) is 0 Å². The summed E-state index contributed by atoms with van der Waals surface area (Å²) in [5.74, 6) is 0. The summed E-state index contributed by atoms with van der Waals surface area (Å²) in [5, 5.41) is 0. The topological polar surface area (TPSA) is 49.4 Å². The molecule has 112 valence electrons. The van der Waals surface area contributed by atoms with Gasteiger partial charge in [0.05, 0.1) is 6.26 Å². The number of rotatable bonds is 5. The first-order chi connectivity index (χ1) is 9.53. The molecule has 0 aliphatic carbocycles. The van der Waals surface area contributed by atoms with Gasteiger partial charge in [0.15, 0.2) is 0 Å². The zero-order valence-electron chi connectivity index (χ0n) is 12.1. The summed E-state index contributed by atoms with van der Waals surface area (Å²) in [5.41, 5.74) is 2.28. The first kappa shape index (κ1) is 15.5. The second-order valence-corrected chi connectivity index (χ2v) is 7.44. The zero-order chi connectivity index (χ0) is 14.4. The molecule has 1 aliphatic rings. The van der Waals surface area contributed by atoms with E-state index in [1.807, 2.05) is 12.1 Å². The van der Waals surface area contributed by atoms with Crippen molar-refractivity contribution in [2.45, 2.75) is 38.8 Å². The Morgan fingerprint density at radius 1 is 1.10 bits per heavy atom. The highest BCUT2D eigenvalue weighted by atomic mass is 32.2. The first-order valence-corrected chi connectivity index (χ1v) is 9.17. The molecule has 1 saturated heterocycles. The van der Waals surface area contributed by atoms with Crippen LogP contribution in [0.5, 0.6) is 0 Å². The third-order valence-corrected chi connectivity index (χ3v) is 4.30. The van der Waals surface area contributed by atoms with Gasteiger partial charge in [0.2, 0.25) is 10.0 Å². The Bertz CT molecular complexity index is 520. The second kappa shape index (κ2) is 7.20. The third-order valence-electron chi connectivity index (χ3n) is 3.63. The van der Waals surface area contributed by atoms with Gasteiger partial charge in [-0.2, -0.15) is 0 Å². The lowest BCUT2D eigenvalue weighted by atomic mass is 10.1. The van der Waals surface area contributed by atoms with Gasteiger partial charge in [0, 0.05) is 13.1 Å². The monoisotopic (exact) mass is 296 g/mol. The van der Waals surface area contributed by atoms with E-state index in [1.165, 1.54) is 50.6 Å². The van der Waals surface area contributed by atoms with Crippen molar-refractivity contribution in [3.63, 3.8) is 0 Å². The van der Waals surface area contributed by atoms with Crippen LogP contribution < -0.4 is 4.72 Å². The highest BCUT2D eigenvalue weighted by Crippen LogP contribution is 2.14. The number of nitrogens with one attached hydrogen (secondary N) is 1. The molecule has 0 bridgehead atoms. The van der Waals surface area contributed by atoms with Crippen LogP contribution in [0.4, 0.5) is 0 Å². The molecule has 0 atom stereocenters. The molecule has 0 amide bonds. The number of sulfonamides is 1. The predicted molar refractivity (Wildman–Crippen MR) is 81.9 cm³/mol. The van der Waals surface area contributed by atoms with Crippen molar-refractivity contribution in [3.05, 3.63) is 35.4 Å². The lowest BCUT2D eigenvalue weighted by molar-refractivity contribution is 0.277. The molecule has 0 saturated carbocycles. The molecular weight excluding hydrogens is 272 g/mol. The van der Waals surface area contributed by atoms with Crippen LogP contribution >= 0.6 is 0 Å². The van der Waals surface area contributed by atoms with Gasteiger partial charge in [-0.1, -0.05) is 37.1 Å². The van der Waals surface area contributed by atoms with E-state index in [0.29, 0.717) is 6.54 Å². The fourth-order valence-corrected chi connectivity index (χ4v) is 3.03. The van der Waals surface area contributed by atoms with Crippen LogP contribution in [0.25, 0.3) is 0 Å². The summed E-state index contributed by atoms with van der Waals surface area (Å²) in [4.78, 5) is 2.50. The molecule has 0 aromatic heterocycles. The first-order valence-electron chi connectivity index (χ1n) is 7.28. The minimum absolute atomic E-state index is 0.368. The van der Waals surface area contributed by atoms with Gasteiger partial charge >= 0.3 is 0 Å². The molecule has 1 aliphatic heterocycles. The molecule has 1 aromatic carbocycles. The number of hydrogen-bond donors (Lipinski definition) is 1. The number of nitrogens with zero attached hydrogens (tertiary/aromatic N) is 1. The van der Waals surface area contributed by atoms with Crippen LogP contribution in [0.1, 0.15) is 36.8 Å². The van der Waals surface area contributed by atoms with Crippen LogP contribution in [0, 0.1) is 0 Å². The van der Waals surface area contributed by atoms with E-state index in [0.717, 1.165) is 12.1 Å². The summed E-state index contributed by atoms with van der Waals surface area (Å²) >= 11 is 0. The summed E-state index contributed by atoms with van der Waals surface area (Å²) in [6.45, 7) is 3.68. The van der Waals surface area contributed by atoms with Crippen molar-refractivity contribution in [2.24, 2.45) is 0 Å². The van der Waals surface area contributed by atoms with Crippen molar-refractivity contribution in [3.8, 4) is 0 Å². The van der Waals surface area contributed by atoms with E-state index in [2.05, 4.69) is 21.8 Å². The van der Waals surface area contributed by atoms with Crippen LogP contribution in [-0.2, 0) is 23.1 Å². The maximum absolute atomic E-state index is 11.1. The molecule has 2 rings (SSSR count). The Morgan fingerprint density at radius 3 is 2.40 bits per heavy atom. The summed E-state index contributed by atoms with van der Waals surface area (Å²) < 4.78 is 24.8.